The van der Waals surface area contributed by atoms with Gasteiger partial charge in [-0.05, 0) is 11.1 Å². The van der Waals surface area contributed by atoms with Crippen molar-refractivity contribution in [1.29, 1.82) is 0 Å². The minimum absolute atomic E-state index is 0.0928. The third-order valence-electron chi connectivity index (χ3n) is 2.89. The molecule has 2 rings (SSSR count). The minimum atomic E-state index is -0.342. The van der Waals surface area contributed by atoms with Crippen molar-refractivity contribution in [3.63, 3.8) is 0 Å². The first-order valence-corrected chi connectivity index (χ1v) is 6.22. The van der Waals surface area contributed by atoms with E-state index in [1.165, 1.54) is 6.33 Å². The SMILES string of the molecule is CN(Cc1ccccc1CN)c1nc[nH]c(=O)c1Cl. The van der Waals surface area contributed by atoms with Crippen LogP contribution >= 0.6 is 11.6 Å². The summed E-state index contributed by atoms with van der Waals surface area (Å²) in [6, 6.07) is 7.88. The van der Waals surface area contributed by atoms with Crippen molar-refractivity contribution < 1.29 is 0 Å². The second-order valence-electron chi connectivity index (χ2n) is 4.20. The van der Waals surface area contributed by atoms with Crippen molar-refractivity contribution in [3.05, 3.63) is 57.1 Å². The van der Waals surface area contributed by atoms with Gasteiger partial charge in [-0.3, -0.25) is 4.79 Å². The van der Waals surface area contributed by atoms with Crippen LogP contribution in [0.15, 0.2) is 35.4 Å². The molecular formula is C13H15ClN4O. The lowest BCUT2D eigenvalue weighted by Gasteiger charge is -2.20. The van der Waals surface area contributed by atoms with Crippen LogP contribution in [-0.4, -0.2) is 17.0 Å². The van der Waals surface area contributed by atoms with Gasteiger partial charge >= 0.3 is 0 Å². The second-order valence-corrected chi connectivity index (χ2v) is 4.58. The molecule has 0 saturated carbocycles. The number of halogens is 1. The van der Waals surface area contributed by atoms with Crippen LogP contribution in [0.3, 0.4) is 0 Å². The van der Waals surface area contributed by atoms with Gasteiger partial charge in [0.1, 0.15) is 5.02 Å². The molecule has 0 amide bonds. The first-order valence-electron chi connectivity index (χ1n) is 5.84. The van der Waals surface area contributed by atoms with Crippen molar-refractivity contribution >= 4 is 17.4 Å². The van der Waals surface area contributed by atoms with Crippen molar-refractivity contribution in [2.45, 2.75) is 13.1 Å². The van der Waals surface area contributed by atoms with Gasteiger partial charge in [0.2, 0.25) is 0 Å². The van der Waals surface area contributed by atoms with Gasteiger partial charge in [-0.1, -0.05) is 35.9 Å². The van der Waals surface area contributed by atoms with E-state index in [2.05, 4.69) is 9.97 Å². The van der Waals surface area contributed by atoms with Crippen LogP contribution in [0.4, 0.5) is 5.82 Å². The lowest BCUT2D eigenvalue weighted by molar-refractivity contribution is 0.868. The monoisotopic (exact) mass is 278 g/mol. The number of hydrogen-bond acceptors (Lipinski definition) is 4. The third-order valence-corrected chi connectivity index (χ3v) is 3.23. The number of nitrogens with two attached hydrogens (primary N) is 1. The number of benzene rings is 1. The Morgan fingerprint density at radius 2 is 2.05 bits per heavy atom. The molecule has 0 unspecified atom stereocenters. The van der Waals surface area contributed by atoms with Crippen molar-refractivity contribution in [1.82, 2.24) is 9.97 Å². The summed E-state index contributed by atoms with van der Waals surface area (Å²) >= 11 is 5.96. The highest BCUT2D eigenvalue weighted by atomic mass is 35.5. The van der Waals surface area contributed by atoms with E-state index in [0.717, 1.165) is 11.1 Å². The van der Waals surface area contributed by atoms with Gasteiger partial charge in [0.05, 0.1) is 6.33 Å². The van der Waals surface area contributed by atoms with Gasteiger partial charge in [-0.25, -0.2) is 4.98 Å². The Morgan fingerprint density at radius 3 is 2.74 bits per heavy atom. The Bertz CT molecular complexity index is 626. The van der Waals surface area contributed by atoms with E-state index in [0.29, 0.717) is 18.9 Å². The van der Waals surface area contributed by atoms with Crippen LogP contribution < -0.4 is 16.2 Å². The fourth-order valence-electron chi connectivity index (χ4n) is 1.88. The molecule has 0 bridgehead atoms. The summed E-state index contributed by atoms with van der Waals surface area (Å²) in [6.07, 6.45) is 1.34. The van der Waals surface area contributed by atoms with Crippen molar-refractivity contribution in [2.75, 3.05) is 11.9 Å². The predicted octanol–water partition coefficient (Wildman–Crippen LogP) is 1.52. The maximum Gasteiger partial charge on any atom is 0.271 e. The highest BCUT2D eigenvalue weighted by molar-refractivity contribution is 6.32. The number of hydrogen-bond donors (Lipinski definition) is 2. The Balaban J connectivity index is 2.28. The Morgan fingerprint density at radius 1 is 1.37 bits per heavy atom. The molecule has 0 radical (unpaired) electrons. The van der Waals surface area contributed by atoms with Gasteiger partial charge in [0.25, 0.3) is 5.56 Å². The number of nitrogens with zero attached hydrogens (tertiary/aromatic N) is 2. The summed E-state index contributed by atoms with van der Waals surface area (Å²) in [5.74, 6) is 0.456. The highest BCUT2D eigenvalue weighted by Crippen LogP contribution is 2.20. The summed E-state index contributed by atoms with van der Waals surface area (Å²) in [4.78, 5) is 19.8. The number of anilines is 1. The molecule has 0 atom stereocenters. The van der Waals surface area contributed by atoms with Gasteiger partial charge in [-0.2, -0.15) is 0 Å². The molecule has 1 aromatic carbocycles. The van der Waals surface area contributed by atoms with Crippen molar-refractivity contribution in [2.24, 2.45) is 5.73 Å². The quantitative estimate of drug-likeness (QED) is 0.889. The fourth-order valence-corrected chi connectivity index (χ4v) is 2.13. The summed E-state index contributed by atoms with van der Waals surface area (Å²) < 4.78 is 0. The van der Waals surface area contributed by atoms with E-state index >= 15 is 0 Å². The molecule has 1 heterocycles. The summed E-state index contributed by atoms with van der Waals surface area (Å²) in [7, 11) is 1.83. The Labute approximate surface area is 116 Å². The van der Waals surface area contributed by atoms with Crippen LogP contribution in [0.2, 0.25) is 5.02 Å². The predicted molar refractivity (Wildman–Crippen MR) is 76.3 cm³/mol. The average Bonchev–Trinajstić information content (AvgIpc) is 2.42. The largest absolute Gasteiger partial charge is 0.354 e. The van der Waals surface area contributed by atoms with E-state index in [1.54, 1.807) is 0 Å². The molecule has 100 valence electrons. The molecule has 0 aliphatic carbocycles. The molecule has 0 fully saturated rings. The normalized spacial score (nSPS) is 10.5. The lowest BCUT2D eigenvalue weighted by Crippen LogP contribution is -2.22. The van der Waals surface area contributed by atoms with E-state index in [9.17, 15) is 4.79 Å². The Kier molecular flexibility index (Phi) is 4.19. The van der Waals surface area contributed by atoms with Gasteiger partial charge < -0.3 is 15.6 Å². The minimum Gasteiger partial charge on any atom is -0.354 e. The molecule has 0 aliphatic heterocycles. The molecule has 3 N–H and O–H groups in total. The van der Waals surface area contributed by atoms with Crippen molar-refractivity contribution in [3.8, 4) is 0 Å². The van der Waals surface area contributed by atoms with E-state index in [4.69, 9.17) is 17.3 Å². The van der Waals surface area contributed by atoms with Crippen LogP contribution in [0.25, 0.3) is 0 Å². The molecule has 6 heteroatoms. The highest BCUT2D eigenvalue weighted by Gasteiger charge is 2.12. The smallest absolute Gasteiger partial charge is 0.271 e. The van der Waals surface area contributed by atoms with E-state index in [1.807, 2.05) is 36.2 Å². The van der Waals surface area contributed by atoms with Gasteiger partial charge in [0.15, 0.2) is 5.82 Å². The van der Waals surface area contributed by atoms with Gasteiger partial charge in [0, 0.05) is 20.1 Å². The fraction of sp³-hybridized carbons (Fsp3) is 0.231. The first kappa shape index (κ1) is 13.6. The molecule has 1 aromatic heterocycles. The van der Waals surface area contributed by atoms with Crippen LogP contribution in [0.1, 0.15) is 11.1 Å². The zero-order chi connectivity index (χ0) is 13.8. The van der Waals surface area contributed by atoms with Crippen LogP contribution in [-0.2, 0) is 13.1 Å². The maximum atomic E-state index is 11.4. The number of rotatable bonds is 4. The molecular weight excluding hydrogens is 264 g/mol. The first-order chi connectivity index (χ1) is 9.13. The second kappa shape index (κ2) is 5.86. The van der Waals surface area contributed by atoms with Crippen LogP contribution in [0, 0.1) is 0 Å². The third kappa shape index (κ3) is 2.94. The number of aromatic amines is 1. The zero-order valence-corrected chi connectivity index (χ0v) is 11.3. The number of aromatic nitrogens is 2. The molecule has 0 saturated heterocycles. The molecule has 19 heavy (non-hydrogen) atoms. The number of nitrogens with one attached hydrogen (secondary N) is 1. The van der Waals surface area contributed by atoms with Crippen LogP contribution in [0.5, 0.6) is 0 Å². The lowest BCUT2D eigenvalue weighted by atomic mass is 10.1. The molecule has 0 aliphatic rings. The maximum absolute atomic E-state index is 11.4. The summed E-state index contributed by atoms with van der Waals surface area (Å²) in [5, 5.41) is 0.0928. The topological polar surface area (TPSA) is 75.0 Å². The molecule has 0 spiro atoms. The van der Waals surface area contributed by atoms with E-state index in [-0.39, 0.29) is 10.6 Å². The standard InChI is InChI=1S/C13H15ClN4O/c1-18(12-11(14)13(19)17-8-16-12)7-10-5-3-2-4-9(10)6-15/h2-5,8H,6-7,15H2,1H3,(H,16,17,19). The Hall–Kier alpha value is -1.85. The zero-order valence-electron chi connectivity index (χ0n) is 10.6. The molecule has 2 aromatic rings. The van der Waals surface area contributed by atoms with E-state index < -0.39 is 0 Å². The number of H-pyrrole nitrogens is 1. The molecule has 5 nitrogen and oxygen atoms in total. The average molecular weight is 279 g/mol. The van der Waals surface area contributed by atoms with Gasteiger partial charge in [-0.15, -0.1) is 0 Å². The summed E-state index contributed by atoms with van der Waals surface area (Å²) in [5.41, 5.74) is 7.52. The summed E-state index contributed by atoms with van der Waals surface area (Å²) in [6.45, 7) is 1.06.